The molecule has 20 heavy (non-hydrogen) atoms. The SMILES string of the molecule is CCC(C)(C)CNc1c(Br)cnn(CC2CCC2)c1=O. The van der Waals surface area contributed by atoms with Crippen molar-refractivity contribution < 1.29 is 0 Å². The zero-order chi connectivity index (χ0) is 14.8. The van der Waals surface area contributed by atoms with E-state index in [9.17, 15) is 4.79 Å². The molecule has 1 aliphatic carbocycles. The van der Waals surface area contributed by atoms with Gasteiger partial charge in [0.1, 0.15) is 5.69 Å². The molecule has 112 valence electrons. The summed E-state index contributed by atoms with van der Waals surface area (Å²) >= 11 is 3.43. The van der Waals surface area contributed by atoms with E-state index in [1.54, 1.807) is 10.9 Å². The van der Waals surface area contributed by atoms with Gasteiger partial charge in [0, 0.05) is 13.1 Å². The number of anilines is 1. The van der Waals surface area contributed by atoms with Gasteiger partial charge in [0.15, 0.2) is 0 Å². The zero-order valence-corrected chi connectivity index (χ0v) is 14.2. The monoisotopic (exact) mass is 341 g/mol. The molecule has 0 radical (unpaired) electrons. The van der Waals surface area contributed by atoms with Crippen molar-refractivity contribution in [2.24, 2.45) is 11.3 Å². The maximum Gasteiger partial charge on any atom is 0.291 e. The molecule has 4 nitrogen and oxygen atoms in total. The highest BCUT2D eigenvalue weighted by Gasteiger charge is 2.21. The van der Waals surface area contributed by atoms with Crippen molar-refractivity contribution in [2.75, 3.05) is 11.9 Å². The largest absolute Gasteiger partial charge is 0.379 e. The van der Waals surface area contributed by atoms with Crippen molar-refractivity contribution in [3.8, 4) is 0 Å². The minimum Gasteiger partial charge on any atom is -0.379 e. The topological polar surface area (TPSA) is 46.9 Å². The van der Waals surface area contributed by atoms with E-state index in [0.29, 0.717) is 11.6 Å². The van der Waals surface area contributed by atoms with E-state index in [0.717, 1.165) is 24.0 Å². The molecule has 0 aliphatic heterocycles. The Hall–Kier alpha value is -0.840. The van der Waals surface area contributed by atoms with Crippen LogP contribution in [0.25, 0.3) is 0 Å². The van der Waals surface area contributed by atoms with Gasteiger partial charge in [-0.25, -0.2) is 4.68 Å². The Balaban J connectivity index is 2.14. The highest BCUT2D eigenvalue weighted by molar-refractivity contribution is 9.10. The van der Waals surface area contributed by atoms with Crippen LogP contribution < -0.4 is 10.9 Å². The Labute approximate surface area is 129 Å². The molecule has 1 heterocycles. The Morgan fingerprint density at radius 1 is 1.50 bits per heavy atom. The molecule has 1 aromatic rings. The van der Waals surface area contributed by atoms with Crippen LogP contribution in [0.4, 0.5) is 5.69 Å². The molecular weight excluding hydrogens is 318 g/mol. The maximum absolute atomic E-state index is 12.5. The van der Waals surface area contributed by atoms with E-state index < -0.39 is 0 Å². The highest BCUT2D eigenvalue weighted by atomic mass is 79.9. The van der Waals surface area contributed by atoms with Gasteiger partial charge >= 0.3 is 0 Å². The summed E-state index contributed by atoms with van der Waals surface area (Å²) in [5.74, 6) is 0.626. The highest BCUT2D eigenvalue weighted by Crippen LogP contribution is 2.28. The van der Waals surface area contributed by atoms with Crippen LogP contribution in [0.3, 0.4) is 0 Å². The van der Waals surface area contributed by atoms with E-state index >= 15 is 0 Å². The standard InChI is InChI=1S/C15H24BrN3O/c1-4-15(2,3)10-17-13-12(16)8-18-19(14(13)20)9-11-6-5-7-11/h8,11,17H,4-7,9-10H2,1-3H3. The molecule has 0 saturated heterocycles. The Bertz CT molecular complexity index is 520. The number of nitrogens with zero attached hydrogens (tertiary/aromatic N) is 2. The van der Waals surface area contributed by atoms with Crippen LogP contribution in [-0.2, 0) is 6.54 Å². The Morgan fingerprint density at radius 3 is 2.75 bits per heavy atom. The van der Waals surface area contributed by atoms with Gasteiger partial charge in [0.05, 0.1) is 10.7 Å². The number of aromatic nitrogens is 2. The summed E-state index contributed by atoms with van der Waals surface area (Å²) in [5, 5.41) is 7.54. The van der Waals surface area contributed by atoms with Gasteiger partial charge in [0.25, 0.3) is 5.56 Å². The second-order valence-electron chi connectivity index (χ2n) is 6.52. The first kappa shape index (κ1) is 15.5. The van der Waals surface area contributed by atoms with Gasteiger partial charge < -0.3 is 5.32 Å². The first-order valence-electron chi connectivity index (χ1n) is 7.42. The van der Waals surface area contributed by atoms with E-state index in [1.165, 1.54) is 19.3 Å². The van der Waals surface area contributed by atoms with Crippen molar-refractivity contribution >= 4 is 21.6 Å². The second-order valence-corrected chi connectivity index (χ2v) is 7.38. The summed E-state index contributed by atoms with van der Waals surface area (Å²) in [6.45, 7) is 8.09. The minimum atomic E-state index is -0.0156. The van der Waals surface area contributed by atoms with Gasteiger partial charge in [0.2, 0.25) is 0 Å². The minimum absolute atomic E-state index is 0.0156. The lowest BCUT2D eigenvalue weighted by atomic mass is 9.85. The number of hydrogen-bond acceptors (Lipinski definition) is 3. The summed E-state index contributed by atoms with van der Waals surface area (Å²) in [4.78, 5) is 12.5. The number of rotatable bonds is 6. The molecule has 0 spiro atoms. The van der Waals surface area contributed by atoms with Crippen molar-refractivity contribution in [3.63, 3.8) is 0 Å². The van der Waals surface area contributed by atoms with Crippen LogP contribution in [0.5, 0.6) is 0 Å². The number of halogens is 1. The molecule has 5 heteroatoms. The molecule has 1 N–H and O–H groups in total. The van der Waals surface area contributed by atoms with Gasteiger partial charge in [-0.3, -0.25) is 4.79 Å². The number of hydrogen-bond donors (Lipinski definition) is 1. The molecule has 0 bridgehead atoms. The van der Waals surface area contributed by atoms with Crippen LogP contribution >= 0.6 is 15.9 Å². The summed E-state index contributed by atoms with van der Waals surface area (Å²) < 4.78 is 2.36. The predicted molar refractivity (Wildman–Crippen MR) is 86.1 cm³/mol. The molecule has 1 aromatic heterocycles. The van der Waals surface area contributed by atoms with E-state index in [4.69, 9.17) is 0 Å². The molecule has 1 aliphatic rings. The van der Waals surface area contributed by atoms with Crippen LogP contribution in [-0.4, -0.2) is 16.3 Å². The molecule has 1 fully saturated rings. The van der Waals surface area contributed by atoms with Gasteiger partial charge in [-0.15, -0.1) is 0 Å². The van der Waals surface area contributed by atoms with Crippen molar-refractivity contribution in [1.29, 1.82) is 0 Å². The number of nitrogens with one attached hydrogen (secondary N) is 1. The van der Waals surface area contributed by atoms with Crippen LogP contribution in [0.2, 0.25) is 0 Å². The van der Waals surface area contributed by atoms with E-state index in [-0.39, 0.29) is 11.0 Å². The molecule has 0 aromatic carbocycles. The molecule has 2 rings (SSSR count). The summed E-state index contributed by atoms with van der Waals surface area (Å²) in [6.07, 6.45) is 6.51. The van der Waals surface area contributed by atoms with E-state index in [2.05, 4.69) is 47.1 Å². The van der Waals surface area contributed by atoms with E-state index in [1.807, 2.05) is 0 Å². The third-order valence-corrected chi connectivity index (χ3v) is 4.96. The second kappa shape index (κ2) is 6.29. The van der Waals surface area contributed by atoms with Crippen molar-refractivity contribution in [1.82, 2.24) is 9.78 Å². The summed E-state index contributed by atoms with van der Waals surface area (Å²) in [7, 11) is 0. The summed E-state index contributed by atoms with van der Waals surface area (Å²) in [5.41, 5.74) is 0.799. The zero-order valence-electron chi connectivity index (χ0n) is 12.6. The lowest BCUT2D eigenvalue weighted by molar-refractivity contribution is 0.261. The maximum atomic E-state index is 12.5. The molecule has 0 unspecified atom stereocenters. The molecule has 1 saturated carbocycles. The lowest BCUT2D eigenvalue weighted by Crippen LogP contribution is -2.32. The van der Waals surface area contributed by atoms with Gasteiger partial charge in [-0.1, -0.05) is 27.2 Å². The molecular formula is C15H24BrN3O. The van der Waals surface area contributed by atoms with Crippen LogP contribution in [0.15, 0.2) is 15.5 Å². The molecule has 0 atom stereocenters. The smallest absolute Gasteiger partial charge is 0.291 e. The first-order chi connectivity index (χ1) is 9.43. The lowest BCUT2D eigenvalue weighted by Gasteiger charge is -2.26. The van der Waals surface area contributed by atoms with Gasteiger partial charge in [-0.2, -0.15) is 5.10 Å². The van der Waals surface area contributed by atoms with Crippen LogP contribution in [0, 0.1) is 11.3 Å². The fourth-order valence-electron chi connectivity index (χ4n) is 2.13. The van der Waals surface area contributed by atoms with Crippen molar-refractivity contribution in [2.45, 2.75) is 53.0 Å². The molecule has 0 amide bonds. The average Bonchev–Trinajstić information content (AvgIpc) is 2.35. The third kappa shape index (κ3) is 3.62. The summed E-state index contributed by atoms with van der Waals surface area (Å²) in [6, 6.07) is 0. The fourth-order valence-corrected chi connectivity index (χ4v) is 2.53. The third-order valence-electron chi connectivity index (χ3n) is 4.35. The quantitative estimate of drug-likeness (QED) is 0.858. The fraction of sp³-hybridized carbons (Fsp3) is 0.733. The Kier molecular flexibility index (Phi) is 4.89. The first-order valence-corrected chi connectivity index (χ1v) is 8.22. The normalized spacial score (nSPS) is 16.0. The average molecular weight is 342 g/mol. The van der Waals surface area contributed by atoms with Crippen LogP contribution in [0.1, 0.15) is 46.5 Å². The Morgan fingerprint density at radius 2 is 2.20 bits per heavy atom. The van der Waals surface area contributed by atoms with Crippen molar-refractivity contribution in [3.05, 3.63) is 21.0 Å². The van der Waals surface area contributed by atoms with Gasteiger partial charge in [-0.05, 0) is 46.5 Å². The predicted octanol–water partition coefficient (Wildman–Crippen LogP) is 3.65.